The van der Waals surface area contributed by atoms with Crippen molar-refractivity contribution in [1.82, 2.24) is 10.2 Å². The van der Waals surface area contributed by atoms with Crippen molar-refractivity contribution in [2.75, 3.05) is 24.6 Å². The fraction of sp³-hybridized carbons (Fsp3) is 0.444. The van der Waals surface area contributed by atoms with E-state index in [0.29, 0.717) is 12.0 Å². The zero-order valence-electron chi connectivity index (χ0n) is 26.4. The molecule has 4 heterocycles. The SMILES string of the molecule is Cc1cccc(C)c1N1CC=C[C@@]23O[C@H]4/C=C\CCC(=O)N[C@@H](C)[C@H](c5ccccc5)OC(=O)[C@H]4[C@@H]2C(=O)N(CCCO)[C@H]3C1=O. The minimum absolute atomic E-state index is 0.125. The summed E-state index contributed by atoms with van der Waals surface area (Å²) < 4.78 is 13.0. The molecule has 0 unspecified atom stereocenters. The van der Waals surface area contributed by atoms with Crippen LogP contribution in [0.3, 0.4) is 0 Å². The summed E-state index contributed by atoms with van der Waals surface area (Å²) in [6.45, 7) is 5.90. The van der Waals surface area contributed by atoms with Crippen molar-refractivity contribution in [3.05, 3.63) is 89.5 Å². The van der Waals surface area contributed by atoms with E-state index in [-0.39, 0.29) is 50.3 Å². The molecule has 0 aliphatic carbocycles. The first-order chi connectivity index (χ1) is 22.2. The lowest BCUT2D eigenvalue weighted by Gasteiger charge is -2.36. The molecule has 0 bridgehead atoms. The predicted molar refractivity (Wildman–Crippen MR) is 170 cm³/mol. The minimum atomic E-state index is -1.45. The van der Waals surface area contributed by atoms with E-state index in [0.717, 1.165) is 16.8 Å². The number of carbonyl (C=O) groups excluding carboxylic acids is 4. The average Bonchev–Trinajstić information content (AvgIpc) is 3.42. The number of amides is 3. The topological polar surface area (TPSA) is 125 Å². The number of cyclic esters (lactones) is 1. The highest BCUT2D eigenvalue weighted by Gasteiger charge is 2.71. The molecule has 46 heavy (non-hydrogen) atoms. The molecule has 2 N–H and O–H groups in total. The molecule has 0 aromatic heterocycles. The molecule has 4 aliphatic rings. The van der Waals surface area contributed by atoms with Crippen LogP contribution in [0.15, 0.2) is 72.8 Å². The third-order valence-electron chi connectivity index (χ3n) is 9.61. The maximum Gasteiger partial charge on any atom is 0.313 e. The van der Waals surface area contributed by atoms with Crippen LogP contribution in [0.2, 0.25) is 0 Å². The van der Waals surface area contributed by atoms with Gasteiger partial charge in [0.25, 0.3) is 5.91 Å². The molecule has 0 saturated carbocycles. The van der Waals surface area contributed by atoms with Gasteiger partial charge in [0.15, 0.2) is 0 Å². The number of hydrogen-bond acceptors (Lipinski definition) is 7. The van der Waals surface area contributed by atoms with E-state index in [1.807, 2.05) is 68.5 Å². The van der Waals surface area contributed by atoms with Gasteiger partial charge in [0.05, 0.1) is 18.1 Å². The third kappa shape index (κ3) is 5.43. The second kappa shape index (κ2) is 12.8. The number of aliphatic hydroxyl groups excluding tert-OH is 1. The number of fused-ring (bicyclic) bond motifs is 2. The lowest BCUT2D eigenvalue weighted by Crippen LogP contribution is -2.55. The van der Waals surface area contributed by atoms with E-state index in [9.17, 15) is 24.3 Å². The molecule has 4 aliphatic heterocycles. The first-order valence-corrected chi connectivity index (χ1v) is 16.0. The largest absolute Gasteiger partial charge is 0.455 e. The summed E-state index contributed by atoms with van der Waals surface area (Å²) in [7, 11) is 0. The number of rotatable bonds is 5. The normalized spacial score (nSPS) is 32.0. The number of ether oxygens (including phenoxy) is 2. The van der Waals surface area contributed by atoms with E-state index in [1.165, 1.54) is 4.90 Å². The quantitative estimate of drug-likeness (QED) is 0.385. The van der Waals surface area contributed by atoms with Gasteiger partial charge in [0, 0.05) is 31.8 Å². The summed E-state index contributed by atoms with van der Waals surface area (Å²) in [5.41, 5.74) is 1.87. The zero-order chi connectivity index (χ0) is 32.6. The van der Waals surface area contributed by atoms with Crippen molar-refractivity contribution in [2.45, 2.75) is 69.9 Å². The van der Waals surface area contributed by atoms with Crippen molar-refractivity contribution in [2.24, 2.45) is 11.8 Å². The van der Waals surface area contributed by atoms with Crippen LogP contribution in [0.4, 0.5) is 5.69 Å². The van der Waals surface area contributed by atoms with E-state index in [2.05, 4.69) is 5.32 Å². The van der Waals surface area contributed by atoms with Crippen LogP contribution in [0.1, 0.15) is 49.0 Å². The lowest BCUT2D eigenvalue weighted by molar-refractivity contribution is -0.161. The van der Waals surface area contributed by atoms with Crippen molar-refractivity contribution >= 4 is 29.4 Å². The number of anilines is 1. The standard InChI is InChI=1S/C36H41N3O7/c1-22-12-9-13-23(2)30(22)38-19-10-18-36-29(33(42)39(20-11-21-40)32(36)34(38)43)28-26(46-36)16-7-8-17-27(41)37-24(3)31(45-35(28)44)25-14-5-4-6-15-25/h4-7,9-10,12-16,18,24,26,28-29,31-32,40H,8,11,17,19-21H2,1-3H3,(H,37,41)/b16-7-/t24-,26-,28+,29+,31+,32-,36+/m0/s1. The van der Waals surface area contributed by atoms with Gasteiger partial charge in [-0.05, 0) is 50.3 Å². The third-order valence-corrected chi connectivity index (χ3v) is 9.61. The molecule has 0 radical (unpaired) electrons. The van der Waals surface area contributed by atoms with Gasteiger partial charge in [-0.15, -0.1) is 0 Å². The van der Waals surface area contributed by atoms with Crippen molar-refractivity contribution in [3.63, 3.8) is 0 Å². The number of nitrogens with zero attached hydrogens (tertiary/aromatic N) is 2. The van der Waals surface area contributed by atoms with Gasteiger partial charge in [0.1, 0.15) is 23.7 Å². The van der Waals surface area contributed by atoms with Crippen molar-refractivity contribution in [1.29, 1.82) is 0 Å². The molecule has 6 rings (SSSR count). The molecule has 242 valence electrons. The zero-order valence-corrected chi connectivity index (χ0v) is 26.4. The van der Waals surface area contributed by atoms with Crippen LogP contribution < -0.4 is 10.2 Å². The van der Waals surface area contributed by atoms with E-state index < -0.39 is 47.7 Å². The number of hydrogen-bond donors (Lipinski definition) is 2. The molecule has 10 nitrogen and oxygen atoms in total. The minimum Gasteiger partial charge on any atom is -0.455 e. The number of allylic oxidation sites excluding steroid dienone is 1. The molecule has 7 atom stereocenters. The van der Waals surface area contributed by atoms with E-state index >= 15 is 0 Å². The first kappa shape index (κ1) is 31.7. The molecule has 1 spiro atoms. The fourth-order valence-electron chi connectivity index (χ4n) is 7.62. The molecule has 2 aromatic rings. The van der Waals surface area contributed by atoms with Crippen molar-refractivity contribution in [3.8, 4) is 0 Å². The first-order valence-electron chi connectivity index (χ1n) is 16.0. The van der Waals surface area contributed by atoms with Gasteiger partial charge in [-0.2, -0.15) is 0 Å². The Morgan fingerprint density at radius 2 is 1.72 bits per heavy atom. The number of likely N-dealkylation sites (tertiary alicyclic amines) is 1. The Morgan fingerprint density at radius 1 is 0.978 bits per heavy atom. The second-order valence-electron chi connectivity index (χ2n) is 12.6. The smallest absolute Gasteiger partial charge is 0.313 e. The Labute approximate surface area is 269 Å². The fourth-order valence-corrected chi connectivity index (χ4v) is 7.62. The van der Waals surface area contributed by atoms with Crippen LogP contribution in [0.25, 0.3) is 0 Å². The molecule has 3 amide bonds. The van der Waals surface area contributed by atoms with Crippen LogP contribution >= 0.6 is 0 Å². The molecule has 2 saturated heterocycles. The van der Waals surface area contributed by atoms with Crippen LogP contribution in [0.5, 0.6) is 0 Å². The van der Waals surface area contributed by atoms with E-state index in [1.54, 1.807) is 30.1 Å². The lowest BCUT2D eigenvalue weighted by atomic mass is 9.77. The number of aliphatic hydroxyl groups is 1. The van der Waals surface area contributed by atoms with Gasteiger partial charge in [0.2, 0.25) is 11.8 Å². The predicted octanol–water partition coefficient (Wildman–Crippen LogP) is 3.31. The van der Waals surface area contributed by atoms with Gasteiger partial charge in [-0.25, -0.2) is 0 Å². The second-order valence-corrected chi connectivity index (χ2v) is 12.6. The van der Waals surface area contributed by atoms with Gasteiger partial charge in [-0.3, -0.25) is 19.2 Å². The summed E-state index contributed by atoms with van der Waals surface area (Å²) in [4.78, 5) is 59.5. The van der Waals surface area contributed by atoms with E-state index in [4.69, 9.17) is 9.47 Å². The van der Waals surface area contributed by atoms with Crippen LogP contribution in [0, 0.1) is 25.7 Å². The Bertz CT molecular complexity index is 1550. The number of para-hydroxylation sites is 1. The van der Waals surface area contributed by atoms with Crippen LogP contribution in [-0.2, 0) is 28.7 Å². The Balaban J connectivity index is 1.45. The number of benzene rings is 2. The average molecular weight is 628 g/mol. The van der Waals surface area contributed by atoms with Gasteiger partial charge in [-0.1, -0.05) is 72.8 Å². The monoisotopic (exact) mass is 627 g/mol. The number of nitrogens with one attached hydrogen (secondary N) is 1. The molecular formula is C36H41N3O7. The highest BCUT2D eigenvalue weighted by atomic mass is 16.6. The molecule has 2 aromatic carbocycles. The van der Waals surface area contributed by atoms with Crippen molar-refractivity contribution < 1.29 is 33.8 Å². The maximum atomic E-state index is 14.7. The highest BCUT2D eigenvalue weighted by molar-refractivity contribution is 6.06. The summed E-state index contributed by atoms with van der Waals surface area (Å²) in [5, 5.41) is 12.7. The Morgan fingerprint density at radius 3 is 2.43 bits per heavy atom. The Kier molecular flexibility index (Phi) is 8.85. The number of aryl methyl sites for hydroxylation is 2. The number of esters is 1. The molecule has 2 fully saturated rings. The summed E-state index contributed by atoms with van der Waals surface area (Å²) in [5.74, 6) is -3.60. The summed E-state index contributed by atoms with van der Waals surface area (Å²) >= 11 is 0. The summed E-state index contributed by atoms with van der Waals surface area (Å²) in [6, 6.07) is 13.4. The Hall–Kier alpha value is -4.28. The summed E-state index contributed by atoms with van der Waals surface area (Å²) in [6.07, 6.45) is 6.35. The highest BCUT2D eigenvalue weighted by Crippen LogP contribution is 2.53. The maximum absolute atomic E-state index is 14.7. The molecule has 10 heteroatoms. The number of carbonyl (C=O) groups is 4. The molecular weight excluding hydrogens is 586 g/mol. The van der Waals surface area contributed by atoms with Crippen LogP contribution in [-0.4, -0.2) is 77.2 Å². The van der Waals surface area contributed by atoms with Gasteiger partial charge < -0.3 is 29.7 Å². The van der Waals surface area contributed by atoms with Gasteiger partial charge >= 0.3 is 5.97 Å².